The van der Waals surface area contributed by atoms with Crippen molar-refractivity contribution in [1.29, 1.82) is 0 Å². The third kappa shape index (κ3) is 4.11. The van der Waals surface area contributed by atoms with Gasteiger partial charge in [0.15, 0.2) is 0 Å². The van der Waals surface area contributed by atoms with Crippen LogP contribution in [0, 0.1) is 46.3 Å². The number of ether oxygens (including phenoxy) is 1. The molecule has 1 unspecified atom stereocenters. The Morgan fingerprint density at radius 1 is 0.970 bits per heavy atom. The number of nitrogens with zero attached hydrogens (tertiary/aromatic N) is 1. The van der Waals surface area contributed by atoms with E-state index in [0.29, 0.717) is 35.5 Å². The largest absolute Gasteiger partial charge is 0.375 e. The van der Waals surface area contributed by atoms with Crippen LogP contribution in [0.15, 0.2) is 0 Å². The van der Waals surface area contributed by atoms with Gasteiger partial charge in [-0.1, -0.05) is 53.9 Å². The Morgan fingerprint density at radius 3 is 2.39 bits per heavy atom. The first-order chi connectivity index (χ1) is 15.6. The van der Waals surface area contributed by atoms with Gasteiger partial charge in [-0.3, -0.25) is 4.79 Å². The van der Waals surface area contributed by atoms with Crippen molar-refractivity contribution < 1.29 is 9.53 Å². The number of fused-ring (bicyclic) bond motifs is 5. The molecule has 3 heteroatoms. The van der Waals surface area contributed by atoms with Crippen molar-refractivity contribution in [3.05, 3.63) is 0 Å². The van der Waals surface area contributed by atoms with Crippen LogP contribution in [0.5, 0.6) is 0 Å². The summed E-state index contributed by atoms with van der Waals surface area (Å²) in [5, 5.41) is 0. The highest BCUT2D eigenvalue weighted by Crippen LogP contribution is 2.67. The summed E-state index contributed by atoms with van der Waals surface area (Å²) in [5.41, 5.74) is 0.766. The lowest BCUT2D eigenvalue weighted by Crippen LogP contribution is -2.65. The van der Waals surface area contributed by atoms with Crippen LogP contribution in [-0.4, -0.2) is 36.1 Å². The molecule has 4 aliphatic carbocycles. The van der Waals surface area contributed by atoms with E-state index in [2.05, 4.69) is 46.6 Å². The van der Waals surface area contributed by atoms with Gasteiger partial charge in [-0.15, -0.1) is 0 Å². The number of hydrogen-bond acceptors (Lipinski definition) is 2. The van der Waals surface area contributed by atoms with Gasteiger partial charge in [0, 0.05) is 19.5 Å². The number of likely N-dealkylation sites (tertiary alicyclic amines) is 1. The highest BCUT2D eigenvalue weighted by Gasteiger charge is 2.64. The van der Waals surface area contributed by atoms with Crippen molar-refractivity contribution in [2.24, 2.45) is 46.3 Å². The van der Waals surface area contributed by atoms with Gasteiger partial charge in [-0.05, 0) is 97.7 Å². The minimum atomic E-state index is 0.277. The first-order valence-corrected chi connectivity index (χ1v) is 14.6. The van der Waals surface area contributed by atoms with Gasteiger partial charge in [0.25, 0.3) is 0 Å². The van der Waals surface area contributed by atoms with Gasteiger partial charge in [0.05, 0.1) is 12.2 Å². The number of hydrogen-bond donors (Lipinski definition) is 0. The van der Waals surface area contributed by atoms with Crippen LogP contribution in [0.1, 0.15) is 112 Å². The maximum Gasteiger partial charge on any atom is 0.222 e. The molecule has 5 fully saturated rings. The highest BCUT2D eigenvalue weighted by atomic mass is 16.5. The van der Waals surface area contributed by atoms with E-state index in [1.807, 2.05) is 0 Å². The van der Waals surface area contributed by atoms with E-state index < -0.39 is 0 Å². The SMILES string of the molecule is CC(C)CCC[C@@H](C)[C@H]1CC[C@H]2[C@@H]3C(OC4CC4)C[C@H]4N(C)C(=O)CC[C@]4(C)[C@H]3CC[C@]12C. The zero-order valence-electron chi connectivity index (χ0n) is 22.4. The van der Waals surface area contributed by atoms with Crippen molar-refractivity contribution in [2.45, 2.75) is 130 Å². The Labute approximate surface area is 203 Å². The summed E-state index contributed by atoms with van der Waals surface area (Å²) in [4.78, 5) is 14.8. The number of piperidine rings is 1. The Bertz CT molecular complexity index is 731. The minimum absolute atomic E-state index is 0.277. The zero-order chi connectivity index (χ0) is 23.5. The predicted octanol–water partition coefficient (Wildman–Crippen LogP) is 7.09. The summed E-state index contributed by atoms with van der Waals surface area (Å²) in [6.45, 7) is 12.5. The Hall–Kier alpha value is -0.570. The van der Waals surface area contributed by atoms with Gasteiger partial charge in [0.1, 0.15) is 0 Å². The van der Waals surface area contributed by atoms with Gasteiger partial charge >= 0.3 is 0 Å². The van der Waals surface area contributed by atoms with Crippen molar-refractivity contribution in [3.63, 3.8) is 0 Å². The molecule has 1 aliphatic heterocycles. The lowest BCUT2D eigenvalue weighted by Gasteiger charge is -2.64. The molecule has 0 aromatic rings. The van der Waals surface area contributed by atoms with Crippen LogP contribution in [0.4, 0.5) is 0 Å². The lowest BCUT2D eigenvalue weighted by atomic mass is 9.45. The van der Waals surface area contributed by atoms with E-state index >= 15 is 0 Å². The smallest absolute Gasteiger partial charge is 0.222 e. The van der Waals surface area contributed by atoms with Crippen LogP contribution in [0.3, 0.4) is 0 Å². The van der Waals surface area contributed by atoms with E-state index in [0.717, 1.165) is 48.9 Å². The molecule has 3 nitrogen and oxygen atoms in total. The molecular weight excluding hydrogens is 406 g/mol. The standard InChI is InChI=1S/C30H51NO2/c1-19(2)8-7-9-20(3)22-12-13-23-28-24(14-16-29(22,23)4)30(5)17-15-27(32)31(6)26(30)18-25(28)33-21-10-11-21/h19-26,28H,7-18H2,1-6H3/t20-,22-,23+,24+,25?,26-,28+,29-,30-/m1/s1. The molecule has 4 saturated carbocycles. The molecule has 0 N–H and O–H groups in total. The Kier molecular flexibility index (Phi) is 6.45. The highest BCUT2D eigenvalue weighted by molar-refractivity contribution is 5.77. The van der Waals surface area contributed by atoms with Gasteiger partial charge in [-0.25, -0.2) is 0 Å². The topological polar surface area (TPSA) is 29.5 Å². The van der Waals surface area contributed by atoms with Crippen LogP contribution in [0.25, 0.3) is 0 Å². The van der Waals surface area contributed by atoms with Crippen LogP contribution < -0.4 is 0 Å². The maximum atomic E-state index is 12.7. The zero-order valence-corrected chi connectivity index (χ0v) is 22.4. The summed E-state index contributed by atoms with van der Waals surface area (Å²) in [6, 6.07) is 0.375. The number of carbonyl (C=O) groups is 1. The van der Waals surface area contributed by atoms with Crippen LogP contribution in [-0.2, 0) is 9.53 Å². The van der Waals surface area contributed by atoms with Gasteiger partial charge in [-0.2, -0.15) is 0 Å². The lowest BCUT2D eigenvalue weighted by molar-refractivity contribution is -0.193. The van der Waals surface area contributed by atoms with Crippen LogP contribution in [0.2, 0.25) is 0 Å². The molecule has 0 radical (unpaired) electrons. The maximum absolute atomic E-state index is 12.7. The van der Waals surface area contributed by atoms with Gasteiger partial charge < -0.3 is 9.64 Å². The molecule has 5 aliphatic rings. The summed E-state index contributed by atoms with van der Waals surface area (Å²) < 4.78 is 6.85. The van der Waals surface area contributed by atoms with Gasteiger partial charge in [0.2, 0.25) is 5.91 Å². The first-order valence-electron chi connectivity index (χ1n) is 14.6. The summed E-state index contributed by atoms with van der Waals surface area (Å²) >= 11 is 0. The number of carbonyl (C=O) groups excluding carboxylic acids is 1. The first kappa shape index (κ1) is 24.1. The monoisotopic (exact) mass is 457 g/mol. The van der Waals surface area contributed by atoms with Crippen molar-refractivity contribution in [3.8, 4) is 0 Å². The molecule has 188 valence electrons. The normalized spacial score (nSPS) is 46.2. The van der Waals surface area contributed by atoms with E-state index in [1.54, 1.807) is 0 Å². The molecule has 0 aromatic carbocycles. The second kappa shape index (κ2) is 8.82. The second-order valence-corrected chi connectivity index (χ2v) is 14.0. The molecular formula is C30H51NO2. The average molecular weight is 458 g/mol. The molecule has 33 heavy (non-hydrogen) atoms. The molecule has 0 bridgehead atoms. The van der Waals surface area contributed by atoms with E-state index in [9.17, 15) is 4.79 Å². The molecule has 5 rings (SSSR count). The minimum Gasteiger partial charge on any atom is -0.375 e. The number of rotatable bonds is 7. The molecule has 0 spiro atoms. The van der Waals surface area contributed by atoms with Crippen molar-refractivity contribution in [1.82, 2.24) is 4.90 Å². The van der Waals surface area contributed by atoms with Crippen LogP contribution >= 0.6 is 0 Å². The second-order valence-electron chi connectivity index (χ2n) is 14.0. The summed E-state index contributed by atoms with van der Waals surface area (Å²) in [6.07, 6.45) is 16.1. The van der Waals surface area contributed by atoms with E-state index in [-0.39, 0.29) is 5.41 Å². The quantitative estimate of drug-likeness (QED) is 0.408. The van der Waals surface area contributed by atoms with Crippen molar-refractivity contribution in [2.75, 3.05) is 7.05 Å². The molecule has 1 saturated heterocycles. The fourth-order valence-electron chi connectivity index (χ4n) is 9.68. The third-order valence-corrected chi connectivity index (χ3v) is 11.7. The fraction of sp³-hybridized carbons (Fsp3) is 0.967. The average Bonchev–Trinajstić information content (AvgIpc) is 3.50. The molecule has 9 atom stereocenters. The van der Waals surface area contributed by atoms with E-state index in [1.165, 1.54) is 57.8 Å². The predicted molar refractivity (Wildman–Crippen MR) is 135 cm³/mol. The molecule has 1 heterocycles. The fourth-order valence-corrected chi connectivity index (χ4v) is 9.68. The summed E-state index contributed by atoms with van der Waals surface area (Å²) in [7, 11) is 2.08. The Balaban J connectivity index is 1.39. The Morgan fingerprint density at radius 2 is 1.70 bits per heavy atom. The summed E-state index contributed by atoms with van der Waals surface area (Å²) in [5.74, 6) is 5.18. The molecule has 0 aromatic heterocycles. The van der Waals surface area contributed by atoms with E-state index in [4.69, 9.17) is 4.74 Å². The van der Waals surface area contributed by atoms with Crippen molar-refractivity contribution >= 4 is 5.91 Å². The number of amides is 1. The molecule has 1 amide bonds. The third-order valence-electron chi connectivity index (χ3n) is 11.7.